The number of carboxylic acids is 1. The van der Waals surface area contributed by atoms with Gasteiger partial charge in [0.2, 0.25) is 0 Å². The van der Waals surface area contributed by atoms with Gasteiger partial charge in [-0.3, -0.25) is 9.59 Å². The summed E-state index contributed by atoms with van der Waals surface area (Å²) in [6.07, 6.45) is 3.05. The maximum atomic E-state index is 12.5. The molecule has 0 aliphatic heterocycles. The first kappa shape index (κ1) is 20.9. The highest BCUT2D eigenvalue weighted by atomic mass is 16.6. The molecule has 0 bridgehead atoms. The van der Waals surface area contributed by atoms with Gasteiger partial charge in [-0.05, 0) is 31.9 Å². The summed E-state index contributed by atoms with van der Waals surface area (Å²) in [4.78, 5) is 35.7. The van der Waals surface area contributed by atoms with Crippen molar-refractivity contribution in [2.45, 2.75) is 57.6 Å². The average Bonchev–Trinajstić information content (AvgIpc) is 2.66. The highest BCUT2D eigenvalue weighted by Crippen LogP contribution is 2.42. The number of rotatable bonds is 8. The molecule has 1 saturated carbocycles. The highest BCUT2D eigenvalue weighted by molar-refractivity contribution is 5.89. The molecule has 2 atom stereocenters. The molecule has 0 spiro atoms. The van der Waals surface area contributed by atoms with Crippen molar-refractivity contribution in [3.63, 3.8) is 0 Å². The SMILES string of the molecule is CC(COC(=O)c1ccccc1)OC(=O)C(N)C1(CC(=O)O)CCCCC1. The van der Waals surface area contributed by atoms with Gasteiger partial charge in [0.25, 0.3) is 0 Å². The number of benzene rings is 1. The zero-order valence-electron chi connectivity index (χ0n) is 15.6. The molecule has 7 heteroatoms. The van der Waals surface area contributed by atoms with E-state index >= 15 is 0 Å². The lowest BCUT2D eigenvalue weighted by Gasteiger charge is -2.39. The molecule has 1 aliphatic carbocycles. The van der Waals surface area contributed by atoms with Crippen molar-refractivity contribution in [2.24, 2.45) is 11.1 Å². The summed E-state index contributed by atoms with van der Waals surface area (Å²) in [5.41, 5.74) is 5.76. The first-order chi connectivity index (χ1) is 12.8. The lowest BCUT2D eigenvalue weighted by molar-refractivity contribution is -0.157. The third-order valence-corrected chi connectivity index (χ3v) is 5.04. The Hall–Kier alpha value is -2.41. The third kappa shape index (κ3) is 5.79. The molecule has 2 rings (SSSR count). The first-order valence-electron chi connectivity index (χ1n) is 9.24. The molecule has 1 aliphatic rings. The van der Waals surface area contributed by atoms with Gasteiger partial charge < -0.3 is 20.3 Å². The zero-order chi connectivity index (χ0) is 19.9. The number of hydrogen-bond acceptors (Lipinski definition) is 6. The van der Waals surface area contributed by atoms with E-state index in [1.54, 1.807) is 37.3 Å². The van der Waals surface area contributed by atoms with E-state index < -0.39 is 35.5 Å². The van der Waals surface area contributed by atoms with Gasteiger partial charge in [0.05, 0.1) is 12.0 Å². The molecule has 7 nitrogen and oxygen atoms in total. The van der Waals surface area contributed by atoms with Crippen molar-refractivity contribution < 1.29 is 29.0 Å². The van der Waals surface area contributed by atoms with Crippen LogP contribution in [0.3, 0.4) is 0 Å². The Morgan fingerprint density at radius 2 is 1.78 bits per heavy atom. The molecular weight excluding hydrogens is 350 g/mol. The van der Waals surface area contributed by atoms with E-state index in [-0.39, 0.29) is 13.0 Å². The van der Waals surface area contributed by atoms with Gasteiger partial charge >= 0.3 is 17.9 Å². The first-order valence-corrected chi connectivity index (χ1v) is 9.24. The number of aliphatic carboxylic acids is 1. The van der Waals surface area contributed by atoms with Crippen LogP contribution in [0.15, 0.2) is 30.3 Å². The number of carboxylic acid groups (broad SMARTS) is 1. The molecule has 3 N–H and O–H groups in total. The van der Waals surface area contributed by atoms with E-state index in [4.69, 9.17) is 15.2 Å². The Kier molecular flexibility index (Phi) is 7.36. The summed E-state index contributed by atoms with van der Waals surface area (Å²) in [5.74, 6) is -2.12. The molecule has 0 saturated heterocycles. The minimum atomic E-state index is -1.01. The van der Waals surface area contributed by atoms with Crippen molar-refractivity contribution in [1.29, 1.82) is 0 Å². The van der Waals surface area contributed by atoms with Crippen LogP contribution < -0.4 is 5.73 Å². The van der Waals surface area contributed by atoms with Crippen LogP contribution in [0.4, 0.5) is 0 Å². The summed E-state index contributed by atoms with van der Waals surface area (Å²) in [6.45, 7) is 1.51. The quantitative estimate of drug-likeness (QED) is 0.669. The van der Waals surface area contributed by atoms with Crippen molar-refractivity contribution in [2.75, 3.05) is 6.61 Å². The van der Waals surface area contributed by atoms with Crippen LogP contribution in [-0.4, -0.2) is 41.8 Å². The molecule has 0 aromatic heterocycles. The molecular formula is C20H27NO6. The Balaban J connectivity index is 1.90. The Morgan fingerprint density at radius 1 is 1.15 bits per heavy atom. The minimum Gasteiger partial charge on any atom is -0.481 e. The molecule has 148 valence electrons. The van der Waals surface area contributed by atoms with Gasteiger partial charge in [0.1, 0.15) is 18.8 Å². The third-order valence-electron chi connectivity index (χ3n) is 5.04. The van der Waals surface area contributed by atoms with Crippen LogP contribution in [0.1, 0.15) is 55.8 Å². The fraction of sp³-hybridized carbons (Fsp3) is 0.550. The lowest BCUT2D eigenvalue weighted by Crippen LogP contribution is -2.51. The fourth-order valence-electron chi connectivity index (χ4n) is 3.56. The van der Waals surface area contributed by atoms with Crippen LogP contribution in [0, 0.1) is 5.41 Å². The van der Waals surface area contributed by atoms with E-state index in [0.29, 0.717) is 18.4 Å². The van der Waals surface area contributed by atoms with Crippen molar-refractivity contribution >= 4 is 17.9 Å². The average molecular weight is 377 g/mol. The second-order valence-electron chi connectivity index (χ2n) is 7.18. The largest absolute Gasteiger partial charge is 0.481 e. The maximum Gasteiger partial charge on any atom is 0.338 e. The summed E-state index contributed by atoms with van der Waals surface area (Å²) in [5, 5.41) is 9.23. The van der Waals surface area contributed by atoms with Gasteiger partial charge in [0.15, 0.2) is 0 Å². The van der Waals surface area contributed by atoms with Crippen LogP contribution in [0.2, 0.25) is 0 Å². The van der Waals surface area contributed by atoms with Gasteiger partial charge in [-0.25, -0.2) is 4.79 Å². The summed E-state index contributed by atoms with van der Waals surface area (Å²) < 4.78 is 10.5. The summed E-state index contributed by atoms with van der Waals surface area (Å²) >= 11 is 0. The van der Waals surface area contributed by atoms with Crippen LogP contribution >= 0.6 is 0 Å². The molecule has 2 unspecified atom stereocenters. The standard InChI is InChI=1S/C20H27NO6/c1-14(13-26-18(24)15-8-4-2-5-9-15)27-19(25)17(21)20(12-16(22)23)10-6-3-7-11-20/h2,4-5,8-9,14,17H,3,6-7,10-13,21H2,1H3,(H,22,23). The van der Waals surface area contributed by atoms with Gasteiger partial charge in [-0.15, -0.1) is 0 Å². The summed E-state index contributed by atoms with van der Waals surface area (Å²) in [7, 11) is 0. The van der Waals surface area contributed by atoms with E-state index in [1.165, 1.54) is 0 Å². The molecule has 1 aromatic carbocycles. The number of hydrogen-bond donors (Lipinski definition) is 2. The normalized spacial score (nSPS) is 18.1. The number of carbonyl (C=O) groups is 3. The topological polar surface area (TPSA) is 116 Å². The number of carbonyl (C=O) groups excluding carboxylic acids is 2. The molecule has 0 amide bonds. The highest BCUT2D eigenvalue weighted by Gasteiger charge is 2.44. The maximum absolute atomic E-state index is 12.5. The monoisotopic (exact) mass is 377 g/mol. The van der Waals surface area contributed by atoms with E-state index in [1.807, 2.05) is 0 Å². The molecule has 1 fully saturated rings. The zero-order valence-corrected chi connectivity index (χ0v) is 15.6. The predicted molar refractivity (Wildman–Crippen MR) is 98.0 cm³/mol. The Bertz CT molecular complexity index is 654. The van der Waals surface area contributed by atoms with Crippen molar-refractivity contribution in [1.82, 2.24) is 0 Å². The summed E-state index contributed by atoms with van der Waals surface area (Å²) in [6, 6.07) is 7.50. The molecule has 0 radical (unpaired) electrons. The van der Waals surface area contributed by atoms with Gasteiger partial charge in [-0.1, -0.05) is 37.5 Å². The molecule has 1 aromatic rings. The van der Waals surface area contributed by atoms with E-state index in [9.17, 15) is 19.5 Å². The Labute approximate surface area is 158 Å². The Morgan fingerprint density at radius 3 is 2.37 bits per heavy atom. The number of nitrogens with two attached hydrogens (primary N) is 1. The van der Waals surface area contributed by atoms with E-state index in [2.05, 4.69) is 0 Å². The minimum absolute atomic E-state index is 0.0991. The van der Waals surface area contributed by atoms with Crippen LogP contribution in [0.25, 0.3) is 0 Å². The van der Waals surface area contributed by atoms with Gasteiger partial charge in [-0.2, -0.15) is 0 Å². The number of esters is 2. The fourth-order valence-corrected chi connectivity index (χ4v) is 3.56. The molecule has 27 heavy (non-hydrogen) atoms. The van der Waals surface area contributed by atoms with Crippen molar-refractivity contribution in [3.8, 4) is 0 Å². The number of ether oxygens (including phenoxy) is 2. The predicted octanol–water partition coefficient (Wildman–Crippen LogP) is 2.53. The van der Waals surface area contributed by atoms with Gasteiger partial charge in [0, 0.05) is 5.41 Å². The lowest BCUT2D eigenvalue weighted by atomic mass is 9.67. The van der Waals surface area contributed by atoms with E-state index in [0.717, 1.165) is 19.3 Å². The second kappa shape index (κ2) is 9.50. The van der Waals surface area contributed by atoms with Crippen LogP contribution in [0.5, 0.6) is 0 Å². The van der Waals surface area contributed by atoms with Crippen molar-refractivity contribution in [3.05, 3.63) is 35.9 Å². The second-order valence-corrected chi connectivity index (χ2v) is 7.18. The smallest absolute Gasteiger partial charge is 0.338 e. The van der Waals surface area contributed by atoms with Crippen LogP contribution in [-0.2, 0) is 19.1 Å². The molecule has 0 heterocycles.